The standard InChI is InChI=1S/C14H28N2O2/c1-10(16-14(3,4)11(2)17)13(18)15-12-8-6-5-7-9-12/h10-12,16-17H,5-9H2,1-4H3,(H,15,18). The van der Waals surface area contributed by atoms with Gasteiger partial charge in [0.15, 0.2) is 0 Å². The summed E-state index contributed by atoms with van der Waals surface area (Å²) in [4.78, 5) is 12.1. The predicted octanol–water partition coefficient (Wildman–Crippen LogP) is 1.57. The minimum atomic E-state index is -0.498. The van der Waals surface area contributed by atoms with Gasteiger partial charge in [-0.15, -0.1) is 0 Å². The lowest BCUT2D eigenvalue weighted by Gasteiger charge is -2.33. The van der Waals surface area contributed by atoms with Gasteiger partial charge in [0.05, 0.1) is 12.1 Å². The fourth-order valence-electron chi connectivity index (χ4n) is 2.32. The molecule has 4 nitrogen and oxygen atoms in total. The molecular formula is C14H28N2O2. The van der Waals surface area contributed by atoms with Gasteiger partial charge in [-0.2, -0.15) is 0 Å². The van der Waals surface area contributed by atoms with E-state index in [9.17, 15) is 9.90 Å². The Morgan fingerprint density at radius 2 is 1.78 bits per heavy atom. The van der Waals surface area contributed by atoms with E-state index in [0.29, 0.717) is 6.04 Å². The molecule has 18 heavy (non-hydrogen) atoms. The normalized spacial score (nSPS) is 21.4. The number of nitrogens with one attached hydrogen (secondary N) is 2. The summed E-state index contributed by atoms with van der Waals surface area (Å²) >= 11 is 0. The van der Waals surface area contributed by atoms with Crippen LogP contribution in [0, 0.1) is 0 Å². The molecule has 2 unspecified atom stereocenters. The van der Waals surface area contributed by atoms with Crippen molar-refractivity contribution < 1.29 is 9.90 Å². The van der Waals surface area contributed by atoms with Crippen molar-refractivity contribution in [3.05, 3.63) is 0 Å². The van der Waals surface area contributed by atoms with Crippen molar-refractivity contribution in [3.8, 4) is 0 Å². The van der Waals surface area contributed by atoms with E-state index in [1.165, 1.54) is 19.3 Å². The monoisotopic (exact) mass is 256 g/mol. The molecule has 1 rings (SSSR count). The highest BCUT2D eigenvalue weighted by molar-refractivity contribution is 5.81. The predicted molar refractivity (Wildman–Crippen MR) is 73.4 cm³/mol. The summed E-state index contributed by atoms with van der Waals surface area (Å²) in [5.41, 5.74) is -0.455. The topological polar surface area (TPSA) is 61.4 Å². The van der Waals surface area contributed by atoms with Crippen molar-refractivity contribution in [2.24, 2.45) is 0 Å². The van der Waals surface area contributed by atoms with Gasteiger partial charge in [-0.05, 0) is 40.5 Å². The summed E-state index contributed by atoms with van der Waals surface area (Å²) in [7, 11) is 0. The molecule has 3 N–H and O–H groups in total. The minimum Gasteiger partial charge on any atom is -0.392 e. The fraction of sp³-hybridized carbons (Fsp3) is 0.929. The van der Waals surface area contributed by atoms with Gasteiger partial charge in [0.2, 0.25) is 5.91 Å². The number of aliphatic hydroxyl groups is 1. The Morgan fingerprint density at radius 3 is 2.28 bits per heavy atom. The molecule has 1 saturated carbocycles. The molecule has 1 aliphatic carbocycles. The van der Waals surface area contributed by atoms with Crippen LogP contribution in [0.4, 0.5) is 0 Å². The van der Waals surface area contributed by atoms with Gasteiger partial charge in [-0.3, -0.25) is 10.1 Å². The average molecular weight is 256 g/mol. The van der Waals surface area contributed by atoms with E-state index in [0.717, 1.165) is 12.8 Å². The van der Waals surface area contributed by atoms with E-state index < -0.39 is 11.6 Å². The van der Waals surface area contributed by atoms with Gasteiger partial charge < -0.3 is 10.4 Å². The van der Waals surface area contributed by atoms with E-state index in [-0.39, 0.29) is 11.9 Å². The van der Waals surface area contributed by atoms with Crippen molar-refractivity contribution in [1.82, 2.24) is 10.6 Å². The molecule has 0 heterocycles. The summed E-state index contributed by atoms with van der Waals surface area (Å²) in [6.45, 7) is 7.39. The SMILES string of the molecule is CC(NC(C)(C)C(C)O)C(=O)NC1CCCCC1. The first-order valence-electron chi connectivity index (χ1n) is 7.09. The summed E-state index contributed by atoms with van der Waals surface area (Å²) in [5, 5.41) is 15.9. The zero-order valence-electron chi connectivity index (χ0n) is 12.1. The number of aliphatic hydroxyl groups excluding tert-OH is 1. The molecule has 4 heteroatoms. The number of amides is 1. The third-order valence-electron chi connectivity index (χ3n) is 3.98. The minimum absolute atomic E-state index is 0.0376. The van der Waals surface area contributed by atoms with Crippen LogP contribution >= 0.6 is 0 Å². The van der Waals surface area contributed by atoms with Crippen LogP contribution in [0.1, 0.15) is 59.8 Å². The van der Waals surface area contributed by atoms with Crippen molar-refractivity contribution >= 4 is 5.91 Å². The summed E-state index contributed by atoms with van der Waals surface area (Å²) in [6.07, 6.45) is 5.41. The van der Waals surface area contributed by atoms with E-state index in [1.54, 1.807) is 6.92 Å². The van der Waals surface area contributed by atoms with Gasteiger partial charge in [-0.25, -0.2) is 0 Å². The number of carbonyl (C=O) groups excluding carboxylic acids is 1. The maximum absolute atomic E-state index is 12.1. The first-order valence-corrected chi connectivity index (χ1v) is 7.09. The quantitative estimate of drug-likeness (QED) is 0.700. The number of rotatable bonds is 5. The van der Waals surface area contributed by atoms with Crippen LogP contribution in [0.25, 0.3) is 0 Å². The number of carbonyl (C=O) groups is 1. The Bertz CT molecular complexity index is 271. The van der Waals surface area contributed by atoms with E-state index in [1.807, 2.05) is 20.8 Å². The van der Waals surface area contributed by atoms with Crippen LogP contribution in [0.15, 0.2) is 0 Å². The largest absolute Gasteiger partial charge is 0.392 e. The molecular weight excluding hydrogens is 228 g/mol. The highest BCUT2D eigenvalue weighted by Gasteiger charge is 2.28. The fourth-order valence-corrected chi connectivity index (χ4v) is 2.32. The number of hydrogen-bond donors (Lipinski definition) is 3. The Balaban J connectivity index is 2.41. The zero-order valence-corrected chi connectivity index (χ0v) is 12.1. The molecule has 0 aromatic heterocycles. The smallest absolute Gasteiger partial charge is 0.237 e. The third-order valence-corrected chi connectivity index (χ3v) is 3.98. The molecule has 0 saturated heterocycles. The Kier molecular flexibility index (Phi) is 5.60. The van der Waals surface area contributed by atoms with Gasteiger partial charge in [0.1, 0.15) is 0 Å². The lowest BCUT2D eigenvalue weighted by molar-refractivity contribution is -0.124. The average Bonchev–Trinajstić information content (AvgIpc) is 2.29. The summed E-state index contributed by atoms with van der Waals surface area (Å²) in [5.74, 6) is 0.0376. The molecule has 106 valence electrons. The molecule has 1 fully saturated rings. The van der Waals surface area contributed by atoms with Crippen molar-refractivity contribution in [2.75, 3.05) is 0 Å². The van der Waals surface area contributed by atoms with Crippen LogP contribution in [0.2, 0.25) is 0 Å². The van der Waals surface area contributed by atoms with E-state index in [4.69, 9.17) is 0 Å². The maximum Gasteiger partial charge on any atom is 0.237 e. The highest BCUT2D eigenvalue weighted by Crippen LogP contribution is 2.17. The van der Waals surface area contributed by atoms with E-state index >= 15 is 0 Å². The van der Waals surface area contributed by atoms with Crippen LogP contribution in [-0.4, -0.2) is 34.7 Å². The van der Waals surface area contributed by atoms with Crippen LogP contribution in [-0.2, 0) is 4.79 Å². The first-order chi connectivity index (χ1) is 8.33. The first kappa shape index (κ1) is 15.4. The van der Waals surface area contributed by atoms with Crippen LogP contribution in [0.3, 0.4) is 0 Å². The molecule has 0 aliphatic heterocycles. The van der Waals surface area contributed by atoms with Crippen molar-refractivity contribution in [3.63, 3.8) is 0 Å². The molecule has 1 aliphatic rings. The van der Waals surface area contributed by atoms with Crippen LogP contribution in [0.5, 0.6) is 0 Å². The van der Waals surface area contributed by atoms with Crippen LogP contribution < -0.4 is 10.6 Å². The second-order valence-corrected chi connectivity index (χ2v) is 6.11. The molecule has 0 aromatic rings. The van der Waals surface area contributed by atoms with Gasteiger partial charge >= 0.3 is 0 Å². The van der Waals surface area contributed by atoms with Gasteiger partial charge in [-0.1, -0.05) is 19.3 Å². The number of hydrogen-bond acceptors (Lipinski definition) is 3. The van der Waals surface area contributed by atoms with Gasteiger partial charge in [0, 0.05) is 11.6 Å². The molecule has 1 amide bonds. The maximum atomic E-state index is 12.1. The molecule has 0 bridgehead atoms. The lowest BCUT2D eigenvalue weighted by Crippen LogP contribution is -2.57. The molecule has 0 aromatic carbocycles. The van der Waals surface area contributed by atoms with Gasteiger partial charge in [0.25, 0.3) is 0 Å². The van der Waals surface area contributed by atoms with Crippen molar-refractivity contribution in [2.45, 2.75) is 83.5 Å². The summed E-state index contributed by atoms with van der Waals surface area (Å²) < 4.78 is 0. The zero-order chi connectivity index (χ0) is 13.8. The molecule has 2 atom stereocenters. The second kappa shape index (κ2) is 6.53. The second-order valence-electron chi connectivity index (χ2n) is 6.11. The highest BCUT2D eigenvalue weighted by atomic mass is 16.3. The van der Waals surface area contributed by atoms with Crippen molar-refractivity contribution in [1.29, 1.82) is 0 Å². The Morgan fingerprint density at radius 1 is 1.22 bits per heavy atom. The Labute approximate surface area is 111 Å². The Hall–Kier alpha value is -0.610. The van der Waals surface area contributed by atoms with E-state index in [2.05, 4.69) is 10.6 Å². The molecule has 0 radical (unpaired) electrons. The molecule has 0 spiro atoms. The lowest BCUT2D eigenvalue weighted by atomic mass is 9.95. The summed E-state index contributed by atoms with van der Waals surface area (Å²) in [6, 6.07) is 0.0571. The third kappa shape index (κ3) is 4.58.